The van der Waals surface area contributed by atoms with E-state index in [1.54, 1.807) is 6.08 Å². The Morgan fingerprint density at radius 1 is 1.39 bits per heavy atom. The van der Waals surface area contributed by atoms with Gasteiger partial charge in [-0.2, -0.15) is 0 Å². The van der Waals surface area contributed by atoms with E-state index in [0.29, 0.717) is 24.5 Å². The summed E-state index contributed by atoms with van der Waals surface area (Å²) in [4.78, 5) is 16.1. The van der Waals surface area contributed by atoms with E-state index >= 15 is 0 Å². The van der Waals surface area contributed by atoms with Crippen LogP contribution in [0.15, 0.2) is 36.4 Å². The van der Waals surface area contributed by atoms with Crippen molar-refractivity contribution in [1.82, 2.24) is 9.80 Å². The van der Waals surface area contributed by atoms with Crippen molar-refractivity contribution in [3.05, 3.63) is 47.0 Å². The van der Waals surface area contributed by atoms with Gasteiger partial charge in [0, 0.05) is 36.7 Å². The molecule has 1 saturated heterocycles. The van der Waals surface area contributed by atoms with Crippen LogP contribution in [0.2, 0.25) is 5.02 Å². The first kappa shape index (κ1) is 18.0. The van der Waals surface area contributed by atoms with E-state index in [2.05, 4.69) is 0 Å². The highest BCUT2D eigenvalue weighted by Gasteiger charge is 2.29. The lowest BCUT2D eigenvalue weighted by Gasteiger charge is -2.36. The number of nitrogens with zero attached hydrogens (tertiary/aromatic N) is 2. The van der Waals surface area contributed by atoms with Crippen LogP contribution in [0.3, 0.4) is 0 Å². The van der Waals surface area contributed by atoms with E-state index in [-0.39, 0.29) is 17.9 Å². The van der Waals surface area contributed by atoms with Gasteiger partial charge < -0.3 is 14.9 Å². The van der Waals surface area contributed by atoms with Crippen LogP contribution in [0.5, 0.6) is 0 Å². The molecule has 0 aliphatic carbocycles. The average molecular weight is 337 g/mol. The van der Waals surface area contributed by atoms with Crippen molar-refractivity contribution in [2.75, 3.05) is 33.7 Å². The summed E-state index contributed by atoms with van der Waals surface area (Å²) in [6, 6.07) is 7.68. The van der Waals surface area contributed by atoms with Crippen LogP contribution in [0.1, 0.15) is 12.0 Å². The summed E-state index contributed by atoms with van der Waals surface area (Å²) in [7, 11) is 3.93. The molecule has 0 radical (unpaired) electrons. The van der Waals surface area contributed by atoms with Gasteiger partial charge in [0.25, 0.3) is 0 Å². The molecule has 2 atom stereocenters. The zero-order chi connectivity index (χ0) is 16.8. The molecule has 126 valence electrons. The Kier molecular flexibility index (Phi) is 6.63. The second-order valence-electron chi connectivity index (χ2n) is 6.40. The maximum atomic E-state index is 12.3. The highest BCUT2D eigenvalue weighted by Crippen LogP contribution is 2.22. The number of hydrogen-bond donors (Lipinski definition) is 1. The quantitative estimate of drug-likeness (QED) is 0.838. The van der Waals surface area contributed by atoms with E-state index < -0.39 is 0 Å². The highest BCUT2D eigenvalue weighted by atomic mass is 35.5. The number of benzene rings is 1. The first-order chi connectivity index (χ1) is 11.0. The second kappa shape index (κ2) is 8.48. The predicted octanol–water partition coefficient (Wildman–Crippen LogP) is 2.21. The van der Waals surface area contributed by atoms with Gasteiger partial charge in [0.2, 0.25) is 5.91 Å². The van der Waals surface area contributed by atoms with Crippen molar-refractivity contribution in [3.8, 4) is 0 Å². The number of likely N-dealkylation sites (tertiary alicyclic amines) is 1. The van der Waals surface area contributed by atoms with Gasteiger partial charge >= 0.3 is 0 Å². The molecule has 0 bridgehead atoms. The smallest absolute Gasteiger partial charge is 0.246 e. The third kappa shape index (κ3) is 5.65. The van der Waals surface area contributed by atoms with E-state index in [1.807, 2.05) is 54.2 Å². The summed E-state index contributed by atoms with van der Waals surface area (Å²) < 4.78 is 0. The number of aliphatic hydroxyl groups is 1. The van der Waals surface area contributed by atoms with Crippen molar-refractivity contribution < 1.29 is 9.90 Å². The Morgan fingerprint density at radius 2 is 2.09 bits per heavy atom. The fourth-order valence-electron chi connectivity index (χ4n) is 2.81. The van der Waals surface area contributed by atoms with Crippen LogP contribution in [-0.2, 0) is 11.2 Å². The molecule has 4 nitrogen and oxygen atoms in total. The Bertz CT molecular complexity index is 542. The molecule has 1 amide bonds. The summed E-state index contributed by atoms with van der Waals surface area (Å²) in [6.45, 7) is 1.95. The SMILES string of the molecule is CN(C)CC=CC(=O)N1CC[C@H](O)[C@H](Cc2ccc(Cl)cc2)C1. The number of rotatable bonds is 5. The van der Waals surface area contributed by atoms with Crippen molar-refractivity contribution in [2.45, 2.75) is 18.9 Å². The van der Waals surface area contributed by atoms with E-state index in [4.69, 9.17) is 11.6 Å². The zero-order valence-electron chi connectivity index (χ0n) is 13.8. The molecule has 0 saturated carbocycles. The van der Waals surface area contributed by atoms with E-state index in [9.17, 15) is 9.90 Å². The number of halogens is 1. The molecule has 0 spiro atoms. The lowest BCUT2D eigenvalue weighted by Crippen LogP contribution is -2.46. The molecule has 1 aromatic rings. The van der Waals surface area contributed by atoms with Gasteiger partial charge in [-0.05, 0) is 44.6 Å². The third-order valence-electron chi connectivity index (χ3n) is 4.15. The summed E-state index contributed by atoms with van der Waals surface area (Å²) >= 11 is 5.91. The molecule has 1 aliphatic heterocycles. The monoisotopic (exact) mass is 336 g/mol. The number of aliphatic hydroxyl groups excluding tert-OH is 1. The number of hydrogen-bond acceptors (Lipinski definition) is 3. The van der Waals surface area contributed by atoms with Gasteiger partial charge in [0.15, 0.2) is 0 Å². The van der Waals surface area contributed by atoms with Crippen LogP contribution in [-0.4, -0.2) is 60.6 Å². The maximum Gasteiger partial charge on any atom is 0.246 e. The molecular formula is C18H25ClN2O2. The molecule has 1 N–H and O–H groups in total. The van der Waals surface area contributed by atoms with Crippen LogP contribution in [0.25, 0.3) is 0 Å². The number of carbonyl (C=O) groups excluding carboxylic acids is 1. The fraction of sp³-hybridized carbons (Fsp3) is 0.500. The van der Waals surface area contributed by atoms with E-state index in [0.717, 1.165) is 18.5 Å². The minimum atomic E-state index is -0.361. The molecule has 1 aliphatic rings. The van der Waals surface area contributed by atoms with Gasteiger partial charge in [-0.3, -0.25) is 4.79 Å². The largest absolute Gasteiger partial charge is 0.393 e. The summed E-state index contributed by atoms with van der Waals surface area (Å²) in [5, 5.41) is 11.0. The minimum absolute atomic E-state index is 0.0276. The topological polar surface area (TPSA) is 43.8 Å². The normalized spacial score (nSPS) is 22.0. The van der Waals surface area contributed by atoms with Gasteiger partial charge in [-0.15, -0.1) is 0 Å². The molecular weight excluding hydrogens is 312 g/mol. The number of likely N-dealkylation sites (N-methyl/N-ethyl adjacent to an activating group) is 1. The van der Waals surface area contributed by atoms with Gasteiger partial charge in [0.05, 0.1) is 6.10 Å². The summed E-state index contributed by atoms with van der Waals surface area (Å²) in [5.41, 5.74) is 1.14. The van der Waals surface area contributed by atoms with Gasteiger partial charge in [-0.1, -0.05) is 29.8 Å². The molecule has 1 aromatic carbocycles. The highest BCUT2D eigenvalue weighted by molar-refractivity contribution is 6.30. The fourth-order valence-corrected chi connectivity index (χ4v) is 2.94. The van der Waals surface area contributed by atoms with Crippen molar-refractivity contribution in [3.63, 3.8) is 0 Å². The molecule has 0 aromatic heterocycles. The predicted molar refractivity (Wildman–Crippen MR) is 93.5 cm³/mol. The average Bonchev–Trinajstić information content (AvgIpc) is 2.51. The van der Waals surface area contributed by atoms with Crippen molar-refractivity contribution >= 4 is 17.5 Å². The first-order valence-corrected chi connectivity index (χ1v) is 8.36. The molecule has 1 heterocycles. The second-order valence-corrected chi connectivity index (χ2v) is 6.83. The molecule has 5 heteroatoms. The van der Waals surface area contributed by atoms with Crippen LogP contribution < -0.4 is 0 Å². The maximum absolute atomic E-state index is 12.3. The van der Waals surface area contributed by atoms with Crippen LogP contribution in [0, 0.1) is 5.92 Å². The Morgan fingerprint density at radius 3 is 2.74 bits per heavy atom. The lowest BCUT2D eigenvalue weighted by molar-refractivity contribution is -0.129. The van der Waals surface area contributed by atoms with Crippen molar-refractivity contribution in [1.29, 1.82) is 0 Å². The first-order valence-electron chi connectivity index (χ1n) is 7.98. The minimum Gasteiger partial charge on any atom is -0.393 e. The zero-order valence-corrected chi connectivity index (χ0v) is 14.5. The van der Waals surface area contributed by atoms with Gasteiger partial charge in [0.1, 0.15) is 0 Å². The Hall–Kier alpha value is -1.36. The van der Waals surface area contributed by atoms with Crippen molar-refractivity contribution in [2.24, 2.45) is 5.92 Å². The Labute approximate surface area is 143 Å². The summed E-state index contributed by atoms with van der Waals surface area (Å²) in [6.07, 6.45) is 4.54. The molecule has 0 unspecified atom stereocenters. The molecule has 2 rings (SSSR count). The molecule has 1 fully saturated rings. The number of amides is 1. The third-order valence-corrected chi connectivity index (χ3v) is 4.40. The molecule has 23 heavy (non-hydrogen) atoms. The lowest BCUT2D eigenvalue weighted by atomic mass is 9.88. The van der Waals surface area contributed by atoms with Crippen LogP contribution >= 0.6 is 11.6 Å². The summed E-state index contributed by atoms with van der Waals surface area (Å²) in [5.74, 6) is 0.0935. The number of piperidine rings is 1. The Balaban J connectivity index is 1.94. The van der Waals surface area contributed by atoms with Gasteiger partial charge in [-0.25, -0.2) is 0 Å². The standard InChI is InChI=1S/C18H25ClN2O2/c1-20(2)10-3-4-18(23)21-11-9-17(22)15(13-21)12-14-5-7-16(19)8-6-14/h3-8,15,17,22H,9-13H2,1-2H3/t15-,17+/m1/s1. The van der Waals surface area contributed by atoms with E-state index in [1.165, 1.54) is 0 Å². The van der Waals surface area contributed by atoms with Crippen LogP contribution in [0.4, 0.5) is 0 Å². The number of carbonyl (C=O) groups is 1.